The maximum absolute atomic E-state index is 12.1. The molecule has 0 aromatic carbocycles. The summed E-state index contributed by atoms with van der Waals surface area (Å²) in [6.07, 6.45) is 1.57. The van der Waals surface area contributed by atoms with Gasteiger partial charge in [-0.3, -0.25) is 9.59 Å². The molecule has 19 heavy (non-hydrogen) atoms. The van der Waals surface area contributed by atoms with E-state index in [4.69, 9.17) is 0 Å². The second-order valence-electron chi connectivity index (χ2n) is 4.57. The average molecular weight is 269 g/mol. The normalized spacial score (nSPS) is 10.5. The molecule has 0 bridgehead atoms. The van der Waals surface area contributed by atoms with Crippen LogP contribution in [-0.4, -0.2) is 57.2 Å². The molecule has 0 saturated carbocycles. The van der Waals surface area contributed by atoms with Crippen LogP contribution in [0.1, 0.15) is 20.3 Å². The molecule has 1 rings (SSSR count). The number of hydrogen-bond acceptors (Lipinski definition) is 6. The molecule has 8 heteroatoms. The number of esters is 1. The van der Waals surface area contributed by atoms with Gasteiger partial charge in [0.05, 0.1) is 13.5 Å². The van der Waals surface area contributed by atoms with Crippen LogP contribution < -0.4 is 0 Å². The summed E-state index contributed by atoms with van der Waals surface area (Å²) < 4.78 is 5.93. The maximum atomic E-state index is 12.1. The Bertz CT molecular complexity index is 404. The lowest BCUT2D eigenvalue weighted by Gasteiger charge is -2.24. The summed E-state index contributed by atoms with van der Waals surface area (Å²) in [6.45, 7) is 5.01. The summed E-state index contributed by atoms with van der Waals surface area (Å²) >= 11 is 0. The minimum absolute atomic E-state index is 0.0703. The number of nitrogens with zero attached hydrogens (tertiary/aromatic N) is 5. The summed E-state index contributed by atoms with van der Waals surface area (Å²) in [5, 5.41) is 10.6. The van der Waals surface area contributed by atoms with Crippen LogP contribution >= 0.6 is 0 Å². The van der Waals surface area contributed by atoms with Crippen molar-refractivity contribution in [3.05, 3.63) is 6.33 Å². The number of methoxy groups -OCH3 is 1. The highest BCUT2D eigenvalue weighted by atomic mass is 16.5. The molecule has 0 aliphatic carbocycles. The Morgan fingerprint density at radius 3 is 2.68 bits per heavy atom. The SMILES string of the molecule is COC(=O)CCN(CC(C)C)C(=O)Cn1cnnn1. The first kappa shape index (κ1) is 15.1. The molecule has 106 valence electrons. The Morgan fingerprint density at radius 1 is 1.42 bits per heavy atom. The first-order valence-corrected chi connectivity index (χ1v) is 6.08. The van der Waals surface area contributed by atoms with Gasteiger partial charge in [-0.15, -0.1) is 5.10 Å². The van der Waals surface area contributed by atoms with E-state index >= 15 is 0 Å². The number of carbonyl (C=O) groups is 2. The molecule has 1 aromatic rings. The number of ether oxygens (including phenoxy) is 1. The lowest BCUT2D eigenvalue weighted by molar-refractivity contribution is -0.142. The van der Waals surface area contributed by atoms with Gasteiger partial charge >= 0.3 is 5.97 Å². The molecule has 0 aliphatic rings. The zero-order valence-corrected chi connectivity index (χ0v) is 11.4. The molecule has 0 aliphatic heterocycles. The summed E-state index contributed by atoms with van der Waals surface area (Å²) in [6, 6.07) is 0. The first-order chi connectivity index (χ1) is 9.02. The fourth-order valence-corrected chi connectivity index (χ4v) is 1.58. The third kappa shape index (κ3) is 5.45. The van der Waals surface area contributed by atoms with Crippen LogP contribution in [0.25, 0.3) is 0 Å². The van der Waals surface area contributed by atoms with Gasteiger partial charge in [0.2, 0.25) is 5.91 Å². The standard InChI is InChI=1S/C11H19N5O3/c1-9(2)6-15(5-4-11(18)19-3)10(17)7-16-8-12-13-14-16/h8-9H,4-7H2,1-3H3. The second kappa shape index (κ2) is 7.45. The van der Waals surface area contributed by atoms with Gasteiger partial charge in [-0.25, -0.2) is 4.68 Å². The summed E-state index contributed by atoms with van der Waals surface area (Å²) in [5.41, 5.74) is 0. The summed E-state index contributed by atoms with van der Waals surface area (Å²) in [7, 11) is 1.33. The number of carbonyl (C=O) groups excluding carboxylic acids is 2. The first-order valence-electron chi connectivity index (χ1n) is 6.08. The van der Waals surface area contributed by atoms with Crippen molar-refractivity contribution in [2.75, 3.05) is 20.2 Å². The molecule has 0 fully saturated rings. The Labute approximate surface area is 111 Å². The van der Waals surface area contributed by atoms with Gasteiger partial charge in [0.1, 0.15) is 12.9 Å². The zero-order valence-electron chi connectivity index (χ0n) is 11.4. The van der Waals surface area contributed by atoms with E-state index in [1.807, 2.05) is 13.8 Å². The molecule has 0 saturated heterocycles. The van der Waals surface area contributed by atoms with Crippen molar-refractivity contribution in [3.8, 4) is 0 Å². The molecule has 0 radical (unpaired) electrons. The molecule has 0 atom stereocenters. The molecule has 1 heterocycles. The highest BCUT2D eigenvalue weighted by molar-refractivity contribution is 5.77. The average Bonchev–Trinajstić information content (AvgIpc) is 2.86. The summed E-state index contributed by atoms with van der Waals surface area (Å²) in [4.78, 5) is 24.9. The number of aromatic nitrogens is 4. The van der Waals surface area contributed by atoms with Crippen LogP contribution in [-0.2, 0) is 20.9 Å². The van der Waals surface area contributed by atoms with E-state index in [0.717, 1.165) is 0 Å². The van der Waals surface area contributed by atoms with Crippen molar-refractivity contribution in [3.63, 3.8) is 0 Å². The van der Waals surface area contributed by atoms with E-state index in [0.29, 0.717) is 19.0 Å². The molecular formula is C11H19N5O3. The van der Waals surface area contributed by atoms with Crippen molar-refractivity contribution in [2.24, 2.45) is 5.92 Å². The van der Waals surface area contributed by atoms with Crippen LogP contribution in [0.2, 0.25) is 0 Å². The van der Waals surface area contributed by atoms with Crippen LogP contribution in [0.3, 0.4) is 0 Å². The molecular weight excluding hydrogens is 250 g/mol. The predicted octanol–water partition coefficient (Wildman–Crippen LogP) is -0.279. The topological polar surface area (TPSA) is 90.2 Å². The van der Waals surface area contributed by atoms with Crippen molar-refractivity contribution in [1.82, 2.24) is 25.1 Å². The van der Waals surface area contributed by atoms with Gasteiger partial charge in [0, 0.05) is 13.1 Å². The minimum Gasteiger partial charge on any atom is -0.469 e. The minimum atomic E-state index is -0.330. The van der Waals surface area contributed by atoms with Crippen LogP contribution in [0.15, 0.2) is 6.33 Å². The van der Waals surface area contributed by atoms with Crippen molar-refractivity contribution in [1.29, 1.82) is 0 Å². The van der Waals surface area contributed by atoms with Gasteiger partial charge in [0.25, 0.3) is 0 Å². The maximum Gasteiger partial charge on any atom is 0.307 e. The van der Waals surface area contributed by atoms with Crippen molar-refractivity contribution >= 4 is 11.9 Å². The largest absolute Gasteiger partial charge is 0.469 e. The third-order valence-electron chi connectivity index (χ3n) is 2.44. The van der Waals surface area contributed by atoms with Crippen molar-refractivity contribution < 1.29 is 14.3 Å². The number of amides is 1. The fourth-order valence-electron chi connectivity index (χ4n) is 1.58. The highest BCUT2D eigenvalue weighted by Gasteiger charge is 2.17. The van der Waals surface area contributed by atoms with Gasteiger partial charge in [-0.2, -0.15) is 0 Å². The monoisotopic (exact) mass is 269 g/mol. The smallest absolute Gasteiger partial charge is 0.307 e. The molecule has 0 spiro atoms. The van der Waals surface area contributed by atoms with Crippen LogP contribution in [0.5, 0.6) is 0 Å². The lowest BCUT2D eigenvalue weighted by Crippen LogP contribution is -2.38. The van der Waals surface area contributed by atoms with E-state index in [9.17, 15) is 9.59 Å². The predicted molar refractivity (Wildman–Crippen MR) is 65.9 cm³/mol. The highest BCUT2D eigenvalue weighted by Crippen LogP contribution is 2.02. The fraction of sp³-hybridized carbons (Fsp3) is 0.727. The van der Waals surface area contributed by atoms with E-state index in [2.05, 4.69) is 20.3 Å². The van der Waals surface area contributed by atoms with Gasteiger partial charge in [-0.1, -0.05) is 13.8 Å². The second-order valence-corrected chi connectivity index (χ2v) is 4.57. The Hall–Kier alpha value is -1.99. The molecule has 0 N–H and O–H groups in total. The van der Waals surface area contributed by atoms with Crippen molar-refractivity contribution in [2.45, 2.75) is 26.8 Å². The Kier molecular flexibility index (Phi) is 5.91. The lowest BCUT2D eigenvalue weighted by atomic mass is 10.2. The summed E-state index contributed by atoms with van der Waals surface area (Å²) in [5.74, 6) is -0.135. The van der Waals surface area contributed by atoms with Gasteiger partial charge in [0.15, 0.2) is 0 Å². The van der Waals surface area contributed by atoms with Gasteiger partial charge in [-0.05, 0) is 16.3 Å². The van der Waals surface area contributed by atoms with Crippen LogP contribution in [0, 0.1) is 5.92 Å². The molecule has 1 amide bonds. The molecule has 0 unspecified atom stereocenters. The number of rotatable bonds is 7. The quantitative estimate of drug-likeness (QED) is 0.632. The Balaban J connectivity index is 2.56. The number of tetrazole rings is 1. The number of hydrogen-bond donors (Lipinski definition) is 0. The Morgan fingerprint density at radius 2 is 2.16 bits per heavy atom. The van der Waals surface area contributed by atoms with E-state index in [1.54, 1.807) is 4.90 Å². The van der Waals surface area contributed by atoms with Gasteiger partial charge < -0.3 is 9.64 Å². The molecule has 8 nitrogen and oxygen atoms in total. The zero-order chi connectivity index (χ0) is 14.3. The van der Waals surface area contributed by atoms with E-state index in [1.165, 1.54) is 18.1 Å². The third-order valence-corrected chi connectivity index (χ3v) is 2.44. The van der Waals surface area contributed by atoms with E-state index in [-0.39, 0.29) is 24.8 Å². The van der Waals surface area contributed by atoms with E-state index < -0.39 is 0 Å². The molecule has 1 aromatic heterocycles. The van der Waals surface area contributed by atoms with Crippen LogP contribution in [0.4, 0.5) is 0 Å².